The van der Waals surface area contributed by atoms with E-state index in [1.54, 1.807) is 0 Å². The monoisotopic (exact) mass is 221 g/mol. The molecule has 0 spiro atoms. The van der Waals surface area contributed by atoms with Gasteiger partial charge in [0.1, 0.15) is 5.82 Å². The summed E-state index contributed by atoms with van der Waals surface area (Å²) in [6.07, 6.45) is -3.64. The lowest BCUT2D eigenvalue weighted by molar-refractivity contribution is -0.133. The predicted molar refractivity (Wildman–Crippen MR) is 54.5 cm³/mol. The largest absolute Gasteiger partial charge is 0.390 e. The maximum Gasteiger partial charge on any atom is 0.390 e. The molecule has 0 radical (unpaired) electrons. The normalized spacial score (nSPS) is 12.4. The van der Waals surface area contributed by atoms with Gasteiger partial charge < -0.3 is 11.1 Å². The van der Waals surface area contributed by atoms with Crippen LogP contribution in [0.2, 0.25) is 0 Å². The van der Waals surface area contributed by atoms with Gasteiger partial charge in [0.15, 0.2) is 0 Å². The third-order valence-electron chi connectivity index (χ3n) is 1.49. The zero-order valence-electron chi connectivity index (χ0n) is 8.27. The number of nitrogens with zero attached hydrogens (tertiary/aromatic N) is 1. The number of rotatable bonds is 6. The summed E-state index contributed by atoms with van der Waals surface area (Å²) in [7, 11) is 0. The maximum absolute atomic E-state index is 11.8. The van der Waals surface area contributed by atoms with Gasteiger partial charge in [-0.15, -0.1) is 0 Å². The van der Waals surface area contributed by atoms with E-state index in [2.05, 4.69) is 23.6 Å². The number of aliphatic imine (C=N–C) groups is 1. The van der Waals surface area contributed by atoms with Crippen molar-refractivity contribution in [3.63, 3.8) is 0 Å². The minimum Gasteiger partial charge on any atom is -0.370 e. The Bertz CT molecular complexity index is 256. The Morgan fingerprint density at radius 2 is 2.07 bits per heavy atom. The van der Waals surface area contributed by atoms with Crippen molar-refractivity contribution in [1.82, 2.24) is 5.32 Å². The lowest BCUT2D eigenvalue weighted by Crippen LogP contribution is -2.21. The lowest BCUT2D eigenvalue weighted by Gasteiger charge is -2.09. The van der Waals surface area contributed by atoms with Crippen molar-refractivity contribution in [2.45, 2.75) is 12.6 Å². The highest BCUT2D eigenvalue weighted by atomic mass is 19.4. The zero-order valence-corrected chi connectivity index (χ0v) is 8.27. The molecular formula is C9H14F3N3. The van der Waals surface area contributed by atoms with Gasteiger partial charge in [-0.3, -0.25) is 0 Å². The lowest BCUT2D eigenvalue weighted by atomic mass is 10.3. The summed E-state index contributed by atoms with van der Waals surface area (Å²) >= 11 is 0. The summed E-state index contributed by atoms with van der Waals surface area (Å²) in [5.74, 6) is 0.245. The van der Waals surface area contributed by atoms with Gasteiger partial charge >= 0.3 is 6.18 Å². The van der Waals surface area contributed by atoms with Crippen LogP contribution < -0.4 is 11.1 Å². The highest BCUT2D eigenvalue weighted by molar-refractivity contribution is 5.31. The third kappa shape index (κ3) is 7.75. The molecule has 0 aliphatic rings. The molecule has 3 N–H and O–H groups in total. The number of hydrogen-bond acceptors (Lipinski definition) is 3. The fraction of sp³-hybridized carbons (Fsp3) is 0.444. The van der Waals surface area contributed by atoms with Crippen LogP contribution in [0.3, 0.4) is 0 Å². The molecule has 0 unspecified atom stereocenters. The van der Waals surface area contributed by atoms with E-state index in [1.165, 1.54) is 6.08 Å². The second-order valence-corrected chi connectivity index (χ2v) is 2.84. The second kappa shape index (κ2) is 6.23. The average molecular weight is 221 g/mol. The number of nitrogens with two attached hydrogens (primary N) is 1. The standard InChI is InChI=1S/C9H14F3N3/c1-7(6-13)5-8(14-2)15-4-3-9(10,11)12/h5,15H,1-4,6,13H2/b8-5+. The van der Waals surface area contributed by atoms with E-state index >= 15 is 0 Å². The SMILES string of the molecule is C=N/C(=C\C(=C)CN)NCCC(F)(F)F. The van der Waals surface area contributed by atoms with Gasteiger partial charge in [-0.2, -0.15) is 13.2 Å². The zero-order chi connectivity index (χ0) is 11.9. The molecule has 0 aromatic carbocycles. The Hall–Kier alpha value is -1.30. The third-order valence-corrected chi connectivity index (χ3v) is 1.49. The summed E-state index contributed by atoms with van der Waals surface area (Å²) in [6.45, 7) is 6.76. The van der Waals surface area contributed by atoms with Gasteiger partial charge in [0.05, 0.1) is 6.42 Å². The molecule has 0 saturated carbocycles. The molecule has 0 aliphatic heterocycles. The van der Waals surface area contributed by atoms with E-state index in [9.17, 15) is 13.2 Å². The van der Waals surface area contributed by atoms with Crippen molar-refractivity contribution in [2.75, 3.05) is 13.1 Å². The molecule has 6 heteroatoms. The highest BCUT2D eigenvalue weighted by Crippen LogP contribution is 2.18. The van der Waals surface area contributed by atoms with E-state index in [0.717, 1.165) is 0 Å². The van der Waals surface area contributed by atoms with Gasteiger partial charge in [0.25, 0.3) is 0 Å². The second-order valence-electron chi connectivity index (χ2n) is 2.84. The molecule has 0 rings (SSSR count). The van der Waals surface area contributed by atoms with Gasteiger partial charge in [-0.05, 0) is 18.4 Å². The molecule has 86 valence electrons. The summed E-state index contributed by atoms with van der Waals surface area (Å²) < 4.78 is 35.4. The fourth-order valence-electron chi connectivity index (χ4n) is 0.737. The predicted octanol–water partition coefficient (Wildman–Crippen LogP) is 1.59. The number of alkyl halides is 3. The Morgan fingerprint density at radius 1 is 1.47 bits per heavy atom. The average Bonchev–Trinajstić information content (AvgIpc) is 2.14. The van der Waals surface area contributed by atoms with E-state index in [4.69, 9.17) is 5.73 Å². The highest BCUT2D eigenvalue weighted by Gasteiger charge is 2.26. The van der Waals surface area contributed by atoms with E-state index < -0.39 is 12.6 Å². The van der Waals surface area contributed by atoms with Crippen molar-refractivity contribution in [3.05, 3.63) is 24.0 Å². The summed E-state index contributed by atoms with van der Waals surface area (Å²) in [5.41, 5.74) is 5.83. The van der Waals surface area contributed by atoms with Gasteiger partial charge in [-0.1, -0.05) is 6.58 Å². The molecule has 0 aromatic rings. The minimum atomic E-state index is -4.18. The van der Waals surface area contributed by atoms with E-state index in [0.29, 0.717) is 5.57 Å². The molecule has 0 amide bonds. The Morgan fingerprint density at radius 3 is 2.47 bits per heavy atom. The topological polar surface area (TPSA) is 50.4 Å². The maximum atomic E-state index is 11.8. The molecular weight excluding hydrogens is 207 g/mol. The van der Waals surface area contributed by atoms with Crippen molar-refractivity contribution >= 4 is 6.72 Å². The van der Waals surface area contributed by atoms with Crippen LogP contribution in [0.15, 0.2) is 29.0 Å². The van der Waals surface area contributed by atoms with Gasteiger partial charge in [0, 0.05) is 13.1 Å². The quantitative estimate of drug-likeness (QED) is 0.528. The van der Waals surface area contributed by atoms with Crippen LogP contribution in [0, 0.1) is 0 Å². The van der Waals surface area contributed by atoms with Crippen molar-refractivity contribution in [1.29, 1.82) is 0 Å². The molecule has 3 nitrogen and oxygen atoms in total. The number of halogens is 3. The van der Waals surface area contributed by atoms with Crippen LogP contribution in [0.4, 0.5) is 13.2 Å². The summed E-state index contributed by atoms with van der Waals surface area (Å²) in [4.78, 5) is 3.51. The molecule has 0 aliphatic carbocycles. The molecule has 0 fully saturated rings. The van der Waals surface area contributed by atoms with Crippen molar-refractivity contribution < 1.29 is 13.2 Å². The Labute approximate surface area is 86.6 Å². The van der Waals surface area contributed by atoms with Crippen molar-refractivity contribution in [2.24, 2.45) is 10.7 Å². The fourth-order valence-corrected chi connectivity index (χ4v) is 0.737. The van der Waals surface area contributed by atoms with Crippen LogP contribution in [-0.4, -0.2) is 26.0 Å². The first-order valence-electron chi connectivity index (χ1n) is 4.26. The smallest absolute Gasteiger partial charge is 0.370 e. The summed E-state index contributed by atoms with van der Waals surface area (Å²) in [5, 5.41) is 2.49. The summed E-state index contributed by atoms with van der Waals surface area (Å²) in [6, 6.07) is 0. The molecule has 15 heavy (non-hydrogen) atoms. The van der Waals surface area contributed by atoms with Crippen LogP contribution in [-0.2, 0) is 0 Å². The number of nitrogens with one attached hydrogen (secondary N) is 1. The molecule has 0 heterocycles. The first-order valence-corrected chi connectivity index (χ1v) is 4.26. The molecule has 0 bridgehead atoms. The first kappa shape index (κ1) is 13.7. The van der Waals surface area contributed by atoms with E-state index in [1.807, 2.05) is 0 Å². The Balaban J connectivity index is 4.07. The van der Waals surface area contributed by atoms with Crippen LogP contribution >= 0.6 is 0 Å². The van der Waals surface area contributed by atoms with Gasteiger partial charge in [0.2, 0.25) is 0 Å². The van der Waals surface area contributed by atoms with Crippen molar-refractivity contribution in [3.8, 4) is 0 Å². The van der Waals surface area contributed by atoms with E-state index in [-0.39, 0.29) is 18.9 Å². The van der Waals surface area contributed by atoms with Gasteiger partial charge in [-0.25, -0.2) is 4.99 Å². The van der Waals surface area contributed by atoms with Crippen LogP contribution in [0.5, 0.6) is 0 Å². The Kier molecular flexibility index (Phi) is 5.69. The molecule has 0 saturated heterocycles. The molecule has 0 atom stereocenters. The number of hydrogen-bond donors (Lipinski definition) is 2. The first-order chi connectivity index (χ1) is 6.89. The van der Waals surface area contributed by atoms with Crippen LogP contribution in [0.1, 0.15) is 6.42 Å². The molecule has 0 aromatic heterocycles. The minimum absolute atomic E-state index is 0.222. The van der Waals surface area contributed by atoms with Crippen LogP contribution in [0.25, 0.3) is 0 Å².